The quantitative estimate of drug-likeness (QED) is 0.505. The van der Waals surface area contributed by atoms with E-state index in [1.165, 1.54) is 16.6 Å². The lowest BCUT2D eigenvalue weighted by Gasteiger charge is -2.16. The Morgan fingerprint density at radius 2 is 1.76 bits per heavy atom. The average Bonchev–Trinajstić information content (AvgIpc) is 3.17. The van der Waals surface area contributed by atoms with Crippen molar-refractivity contribution in [2.45, 2.75) is 25.3 Å². The third kappa shape index (κ3) is 4.32. The normalized spacial score (nSPS) is 16.3. The second-order valence-corrected chi connectivity index (χ2v) is 8.01. The van der Waals surface area contributed by atoms with Crippen molar-refractivity contribution in [1.29, 1.82) is 0 Å². The molecule has 2 amide bonds. The molecule has 0 spiro atoms. The summed E-state index contributed by atoms with van der Waals surface area (Å²) in [6.07, 6.45) is 2.30. The van der Waals surface area contributed by atoms with Crippen LogP contribution >= 0.6 is 0 Å². The van der Waals surface area contributed by atoms with E-state index < -0.39 is 11.9 Å². The molecule has 1 fully saturated rings. The van der Waals surface area contributed by atoms with Crippen molar-refractivity contribution in [2.75, 3.05) is 6.54 Å². The van der Waals surface area contributed by atoms with Gasteiger partial charge in [-0.2, -0.15) is 5.10 Å². The molecule has 3 heterocycles. The van der Waals surface area contributed by atoms with Crippen molar-refractivity contribution in [2.24, 2.45) is 0 Å². The molecule has 8 heteroatoms. The molecule has 1 atom stereocenters. The van der Waals surface area contributed by atoms with Gasteiger partial charge in [-0.15, -0.1) is 0 Å². The molecule has 0 saturated carbocycles. The predicted octanol–water partition coefficient (Wildman–Crippen LogP) is 3.60. The number of rotatable bonds is 4. The minimum Gasteiger partial charge on any atom is -0.354 e. The summed E-state index contributed by atoms with van der Waals surface area (Å²) < 4.78 is 14.9. The molecule has 2 N–H and O–H groups in total. The van der Waals surface area contributed by atoms with Crippen molar-refractivity contribution in [3.63, 3.8) is 0 Å². The summed E-state index contributed by atoms with van der Waals surface area (Å²) >= 11 is 0. The minimum absolute atomic E-state index is 0.185. The first-order valence-corrected chi connectivity index (χ1v) is 10.9. The Kier molecular flexibility index (Phi) is 5.56. The van der Waals surface area contributed by atoms with E-state index in [1.807, 2.05) is 30.3 Å². The van der Waals surface area contributed by atoms with E-state index >= 15 is 0 Å². The molecule has 0 radical (unpaired) electrons. The molecule has 5 rings (SSSR count). The lowest BCUT2D eigenvalue weighted by atomic mass is 10.1. The van der Waals surface area contributed by atoms with Crippen LogP contribution in [0, 0.1) is 5.82 Å². The van der Waals surface area contributed by atoms with Crippen molar-refractivity contribution in [3.8, 4) is 22.5 Å². The standard InChI is InChI=1S/C25H22FN5O2/c26-18-11-9-17(10-12-18)20-14-22(25(33)29-19-8-4-5-13-27-24(19)32)31-23(28-20)15-21(30-31)16-6-2-1-3-7-16/h1-3,6-7,9-12,14-15,19H,4-5,8,13H2,(H,27,32)(H,29,33). The zero-order valence-corrected chi connectivity index (χ0v) is 17.8. The predicted molar refractivity (Wildman–Crippen MR) is 122 cm³/mol. The molecule has 2 aromatic heterocycles. The molecular weight excluding hydrogens is 421 g/mol. The maximum atomic E-state index is 13.4. The van der Waals surface area contributed by atoms with E-state index in [2.05, 4.69) is 20.7 Å². The number of nitrogens with one attached hydrogen (secondary N) is 2. The van der Waals surface area contributed by atoms with Gasteiger partial charge in [0.1, 0.15) is 17.6 Å². The third-order valence-corrected chi connectivity index (χ3v) is 5.71. The molecule has 1 unspecified atom stereocenters. The maximum absolute atomic E-state index is 13.4. The van der Waals surface area contributed by atoms with Crippen LogP contribution in [0.25, 0.3) is 28.2 Å². The molecule has 7 nitrogen and oxygen atoms in total. The van der Waals surface area contributed by atoms with Gasteiger partial charge in [0, 0.05) is 23.7 Å². The number of fused-ring (bicyclic) bond motifs is 1. The molecule has 1 aliphatic heterocycles. The van der Waals surface area contributed by atoms with Crippen LogP contribution in [0.4, 0.5) is 4.39 Å². The molecule has 0 bridgehead atoms. The van der Waals surface area contributed by atoms with Gasteiger partial charge in [0.05, 0.1) is 11.4 Å². The summed E-state index contributed by atoms with van der Waals surface area (Å²) in [7, 11) is 0. The van der Waals surface area contributed by atoms with Gasteiger partial charge in [0.15, 0.2) is 5.65 Å². The first kappa shape index (κ1) is 20.8. The Bertz CT molecular complexity index is 1320. The Morgan fingerprint density at radius 3 is 2.55 bits per heavy atom. The minimum atomic E-state index is -0.610. The zero-order valence-electron chi connectivity index (χ0n) is 17.8. The highest BCUT2D eigenvalue weighted by Crippen LogP contribution is 2.24. The van der Waals surface area contributed by atoms with Gasteiger partial charge in [-0.25, -0.2) is 13.9 Å². The second kappa shape index (κ2) is 8.82. The topological polar surface area (TPSA) is 88.4 Å². The number of hydrogen-bond donors (Lipinski definition) is 2. The summed E-state index contributed by atoms with van der Waals surface area (Å²) in [5.74, 6) is -0.959. The van der Waals surface area contributed by atoms with Crippen LogP contribution < -0.4 is 10.6 Å². The summed E-state index contributed by atoms with van der Waals surface area (Å²) in [5, 5.41) is 10.3. The van der Waals surface area contributed by atoms with Gasteiger partial charge < -0.3 is 10.6 Å². The van der Waals surface area contributed by atoms with Gasteiger partial charge in [0.2, 0.25) is 5.91 Å². The largest absolute Gasteiger partial charge is 0.354 e. The lowest BCUT2D eigenvalue weighted by molar-refractivity contribution is -0.122. The molecule has 4 aromatic rings. The van der Waals surface area contributed by atoms with Gasteiger partial charge in [-0.1, -0.05) is 30.3 Å². The molecule has 33 heavy (non-hydrogen) atoms. The maximum Gasteiger partial charge on any atom is 0.270 e. The molecule has 1 saturated heterocycles. The van der Waals surface area contributed by atoms with E-state index in [0.717, 1.165) is 18.4 Å². The number of hydrogen-bond acceptors (Lipinski definition) is 4. The van der Waals surface area contributed by atoms with E-state index in [0.29, 0.717) is 35.6 Å². The first-order chi connectivity index (χ1) is 16.1. The van der Waals surface area contributed by atoms with Crippen LogP contribution in [0.15, 0.2) is 66.7 Å². The highest BCUT2D eigenvalue weighted by atomic mass is 19.1. The Hall–Kier alpha value is -4.07. The van der Waals surface area contributed by atoms with Crippen molar-refractivity contribution < 1.29 is 14.0 Å². The number of amides is 2. The highest BCUT2D eigenvalue weighted by molar-refractivity contribution is 5.97. The van der Waals surface area contributed by atoms with E-state index in [1.54, 1.807) is 24.3 Å². The first-order valence-electron chi connectivity index (χ1n) is 10.9. The summed E-state index contributed by atoms with van der Waals surface area (Å²) in [6, 6.07) is 18.3. The van der Waals surface area contributed by atoms with E-state index in [9.17, 15) is 14.0 Å². The second-order valence-electron chi connectivity index (χ2n) is 8.01. The number of halogens is 1. The average molecular weight is 443 g/mol. The van der Waals surface area contributed by atoms with Crippen LogP contribution in [0.5, 0.6) is 0 Å². The van der Waals surface area contributed by atoms with Crippen molar-refractivity contribution >= 4 is 17.5 Å². The van der Waals surface area contributed by atoms with E-state index in [4.69, 9.17) is 0 Å². The van der Waals surface area contributed by atoms with E-state index in [-0.39, 0.29) is 17.4 Å². The van der Waals surface area contributed by atoms with Crippen LogP contribution in [-0.4, -0.2) is 39.0 Å². The smallest absolute Gasteiger partial charge is 0.270 e. The van der Waals surface area contributed by atoms with Crippen LogP contribution in [0.2, 0.25) is 0 Å². The van der Waals surface area contributed by atoms with Gasteiger partial charge in [-0.05, 0) is 49.6 Å². The van der Waals surface area contributed by atoms with Crippen LogP contribution in [0.1, 0.15) is 29.8 Å². The van der Waals surface area contributed by atoms with Crippen LogP contribution in [-0.2, 0) is 4.79 Å². The molecule has 166 valence electrons. The molecule has 1 aliphatic rings. The molecule has 0 aliphatic carbocycles. The number of carbonyl (C=O) groups excluding carboxylic acids is 2. The zero-order chi connectivity index (χ0) is 22.8. The van der Waals surface area contributed by atoms with Crippen molar-refractivity contribution in [1.82, 2.24) is 25.2 Å². The summed E-state index contributed by atoms with van der Waals surface area (Å²) in [5.41, 5.74) is 3.46. The van der Waals surface area contributed by atoms with Gasteiger partial charge in [-0.3, -0.25) is 9.59 Å². The number of nitrogens with zero attached hydrogens (tertiary/aromatic N) is 3. The number of carbonyl (C=O) groups is 2. The fraction of sp³-hybridized carbons (Fsp3) is 0.200. The third-order valence-electron chi connectivity index (χ3n) is 5.71. The molecule has 2 aromatic carbocycles. The Balaban J connectivity index is 1.59. The number of benzene rings is 2. The SMILES string of the molecule is O=C(NC1CCCCNC1=O)c1cc(-c2ccc(F)cc2)nc2cc(-c3ccccc3)nn12. The lowest BCUT2D eigenvalue weighted by Crippen LogP contribution is -2.45. The summed E-state index contributed by atoms with van der Waals surface area (Å²) in [6.45, 7) is 0.610. The monoisotopic (exact) mass is 443 g/mol. The molecular formula is C25H22FN5O2. The van der Waals surface area contributed by atoms with Crippen molar-refractivity contribution in [3.05, 3.63) is 78.2 Å². The Labute approximate surface area is 189 Å². The van der Waals surface area contributed by atoms with Gasteiger partial charge >= 0.3 is 0 Å². The number of aromatic nitrogens is 3. The Morgan fingerprint density at radius 1 is 1.00 bits per heavy atom. The van der Waals surface area contributed by atoms with Gasteiger partial charge in [0.25, 0.3) is 5.91 Å². The fourth-order valence-electron chi connectivity index (χ4n) is 3.96. The summed E-state index contributed by atoms with van der Waals surface area (Å²) in [4.78, 5) is 30.3. The highest BCUT2D eigenvalue weighted by Gasteiger charge is 2.25. The fourth-order valence-corrected chi connectivity index (χ4v) is 3.96. The van der Waals surface area contributed by atoms with Crippen LogP contribution in [0.3, 0.4) is 0 Å².